The van der Waals surface area contributed by atoms with Crippen LogP contribution in [0.2, 0.25) is 0 Å². The van der Waals surface area contributed by atoms with Gasteiger partial charge < -0.3 is 0 Å². The Bertz CT molecular complexity index is 241. The van der Waals surface area contributed by atoms with Gasteiger partial charge in [0.25, 0.3) is 0 Å². The molecule has 11 heavy (non-hydrogen) atoms. The second kappa shape index (κ2) is 3.05. The van der Waals surface area contributed by atoms with Crippen molar-refractivity contribution in [2.45, 2.75) is 12.8 Å². The molecule has 1 aliphatic rings. The lowest BCUT2D eigenvalue weighted by Crippen LogP contribution is -2.20. The molecule has 0 N–H and O–H groups in total. The monoisotopic (exact) mass is 166 g/mol. The molecular weight excluding hydrogens is 156 g/mol. The van der Waals surface area contributed by atoms with E-state index in [1.165, 1.54) is 11.4 Å². The fourth-order valence-electron chi connectivity index (χ4n) is 1.13. The molecule has 0 bridgehead atoms. The molecule has 3 heteroatoms. The van der Waals surface area contributed by atoms with Crippen molar-refractivity contribution in [3.05, 3.63) is 17.5 Å². The van der Waals surface area contributed by atoms with Gasteiger partial charge in [-0.25, -0.2) is 0 Å². The second-order valence-electron chi connectivity index (χ2n) is 2.51. The molecule has 2 nitrogen and oxygen atoms in total. The van der Waals surface area contributed by atoms with Gasteiger partial charge in [0, 0.05) is 12.8 Å². The Balaban J connectivity index is 2.16. The van der Waals surface area contributed by atoms with Gasteiger partial charge in [0.1, 0.15) is 5.00 Å². The summed E-state index contributed by atoms with van der Waals surface area (Å²) in [5.74, 6) is 0. The molecule has 2 rings (SSSR count). The van der Waals surface area contributed by atoms with Gasteiger partial charge in [-0.15, -0.1) is 11.3 Å². The molecule has 0 amide bonds. The summed E-state index contributed by atoms with van der Waals surface area (Å²) in [6, 6.07) is 4.16. The molecule has 0 unspecified atom stereocenters. The molecule has 0 radical (unpaired) electrons. The summed E-state index contributed by atoms with van der Waals surface area (Å²) in [5, 5.41) is 9.69. The Morgan fingerprint density at radius 1 is 1.55 bits per heavy atom. The van der Waals surface area contributed by atoms with Crippen LogP contribution in [0.15, 0.2) is 22.6 Å². The molecular formula is C8H10N2S. The van der Waals surface area contributed by atoms with E-state index in [1.807, 2.05) is 6.21 Å². The van der Waals surface area contributed by atoms with Crippen molar-refractivity contribution < 1.29 is 0 Å². The average molecular weight is 166 g/mol. The second-order valence-corrected chi connectivity index (χ2v) is 3.44. The van der Waals surface area contributed by atoms with E-state index in [0.29, 0.717) is 0 Å². The molecule has 0 aliphatic carbocycles. The van der Waals surface area contributed by atoms with E-state index in [9.17, 15) is 0 Å². The van der Waals surface area contributed by atoms with Crippen molar-refractivity contribution in [2.75, 3.05) is 11.6 Å². The van der Waals surface area contributed by atoms with Gasteiger partial charge in [-0.05, 0) is 30.4 Å². The van der Waals surface area contributed by atoms with Crippen molar-refractivity contribution in [3.8, 4) is 0 Å². The van der Waals surface area contributed by atoms with E-state index in [4.69, 9.17) is 0 Å². The highest BCUT2D eigenvalue weighted by Gasteiger charge is 2.06. The third kappa shape index (κ3) is 1.43. The molecule has 0 fully saturated rings. The Morgan fingerprint density at radius 3 is 3.18 bits per heavy atom. The summed E-state index contributed by atoms with van der Waals surface area (Å²) in [6.07, 6.45) is 4.34. The first-order valence-corrected chi connectivity index (χ1v) is 4.68. The molecule has 0 aromatic carbocycles. The van der Waals surface area contributed by atoms with E-state index < -0.39 is 0 Å². The van der Waals surface area contributed by atoms with E-state index in [2.05, 4.69) is 27.6 Å². The lowest BCUT2D eigenvalue weighted by Gasteiger charge is -2.19. The first-order valence-electron chi connectivity index (χ1n) is 3.80. The molecule has 1 aromatic rings. The summed E-state index contributed by atoms with van der Waals surface area (Å²) in [7, 11) is 0. The Kier molecular flexibility index (Phi) is 1.90. The van der Waals surface area contributed by atoms with Gasteiger partial charge in [0.2, 0.25) is 0 Å². The fourth-order valence-corrected chi connectivity index (χ4v) is 1.84. The average Bonchev–Trinajstić information content (AvgIpc) is 2.58. The van der Waals surface area contributed by atoms with E-state index in [-0.39, 0.29) is 0 Å². The summed E-state index contributed by atoms with van der Waals surface area (Å²) in [6.45, 7) is 1.07. The molecule has 0 atom stereocenters. The van der Waals surface area contributed by atoms with Crippen LogP contribution in [-0.2, 0) is 0 Å². The zero-order valence-corrected chi connectivity index (χ0v) is 7.05. The summed E-state index contributed by atoms with van der Waals surface area (Å²) in [4.78, 5) is 0. The van der Waals surface area contributed by atoms with E-state index in [1.54, 1.807) is 11.3 Å². The Labute approximate surface area is 70.2 Å². The number of hydrazone groups is 1. The van der Waals surface area contributed by atoms with Crippen molar-refractivity contribution in [1.29, 1.82) is 0 Å². The number of thiophene rings is 1. The third-order valence-electron chi connectivity index (χ3n) is 1.68. The van der Waals surface area contributed by atoms with Crippen molar-refractivity contribution >= 4 is 22.6 Å². The molecule has 0 saturated heterocycles. The zero-order valence-electron chi connectivity index (χ0n) is 6.23. The number of hydrogen-bond acceptors (Lipinski definition) is 3. The molecule has 58 valence electrons. The number of anilines is 1. The topological polar surface area (TPSA) is 15.6 Å². The predicted octanol–water partition coefficient (Wildman–Crippen LogP) is 2.33. The van der Waals surface area contributed by atoms with Crippen LogP contribution in [0.3, 0.4) is 0 Å². The zero-order chi connectivity index (χ0) is 7.52. The van der Waals surface area contributed by atoms with Crippen molar-refractivity contribution in [1.82, 2.24) is 0 Å². The van der Waals surface area contributed by atoms with Crippen LogP contribution >= 0.6 is 11.3 Å². The van der Waals surface area contributed by atoms with Crippen LogP contribution < -0.4 is 5.01 Å². The largest absolute Gasteiger partial charge is 0.256 e. The maximum absolute atomic E-state index is 4.29. The van der Waals surface area contributed by atoms with Gasteiger partial charge >= 0.3 is 0 Å². The highest BCUT2D eigenvalue weighted by molar-refractivity contribution is 7.14. The summed E-state index contributed by atoms with van der Waals surface area (Å²) in [5.41, 5.74) is 0. The minimum atomic E-state index is 1.07. The van der Waals surface area contributed by atoms with Gasteiger partial charge in [-0.2, -0.15) is 5.10 Å². The molecule has 0 saturated carbocycles. The smallest absolute Gasteiger partial charge is 0.112 e. The first-order chi connectivity index (χ1) is 5.47. The van der Waals surface area contributed by atoms with E-state index >= 15 is 0 Å². The molecule has 0 spiro atoms. The fraction of sp³-hybridized carbons (Fsp3) is 0.375. The number of rotatable bonds is 1. The maximum atomic E-state index is 4.29. The highest BCUT2D eigenvalue weighted by Crippen LogP contribution is 2.22. The van der Waals surface area contributed by atoms with Crippen LogP contribution in [-0.4, -0.2) is 12.8 Å². The predicted molar refractivity (Wildman–Crippen MR) is 49.4 cm³/mol. The van der Waals surface area contributed by atoms with Crippen LogP contribution in [0, 0.1) is 0 Å². The highest BCUT2D eigenvalue weighted by atomic mass is 32.1. The number of hydrogen-bond donors (Lipinski definition) is 0. The van der Waals surface area contributed by atoms with Gasteiger partial charge in [0.05, 0.1) is 0 Å². The minimum Gasteiger partial charge on any atom is -0.256 e. The SMILES string of the molecule is C1=NN(c2cccs2)CCC1. The summed E-state index contributed by atoms with van der Waals surface area (Å²) >= 11 is 1.74. The summed E-state index contributed by atoms with van der Waals surface area (Å²) < 4.78 is 0. The van der Waals surface area contributed by atoms with Crippen LogP contribution in [0.4, 0.5) is 5.00 Å². The number of nitrogens with zero attached hydrogens (tertiary/aromatic N) is 2. The molecule has 1 aromatic heterocycles. The Morgan fingerprint density at radius 2 is 2.55 bits per heavy atom. The van der Waals surface area contributed by atoms with Gasteiger partial charge in [-0.3, -0.25) is 5.01 Å². The lowest BCUT2D eigenvalue weighted by atomic mass is 10.3. The molecule has 2 heterocycles. The normalized spacial score (nSPS) is 17.3. The van der Waals surface area contributed by atoms with Gasteiger partial charge in [0.15, 0.2) is 0 Å². The standard InChI is InChI=1S/C8H10N2S/c1-2-6-10(9-5-1)8-4-3-7-11-8/h3-5,7H,1-2,6H2. The van der Waals surface area contributed by atoms with Crippen LogP contribution in [0.5, 0.6) is 0 Å². The van der Waals surface area contributed by atoms with Crippen molar-refractivity contribution in [2.24, 2.45) is 5.10 Å². The minimum absolute atomic E-state index is 1.07. The molecule has 1 aliphatic heterocycles. The lowest BCUT2D eigenvalue weighted by molar-refractivity contribution is 0.757. The Hall–Kier alpha value is -0.830. The maximum Gasteiger partial charge on any atom is 0.112 e. The van der Waals surface area contributed by atoms with Crippen LogP contribution in [0.1, 0.15) is 12.8 Å². The van der Waals surface area contributed by atoms with Crippen molar-refractivity contribution in [3.63, 3.8) is 0 Å². The van der Waals surface area contributed by atoms with Gasteiger partial charge in [-0.1, -0.05) is 0 Å². The van der Waals surface area contributed by atoms with Crippen LogP contribution in [0.25, 0.3) is 0 Å². The first kappa shape index (κ1) is 6.85. The third-order valence-corrected chi connectivity index (χ3v) is 2.57. The quantitative estimate of drug-likeness (QED) is 0.625. The van der Waals surface area contributed by atoms with E-state index in [0.717, 1.165) is 13.0 Å².